The van der Waals surface area contributed by atoms with E-state index in [0.717, 1.165) is 32.2 Å². The predicted octanol–water partition coefficient (Wildman–Crippen LogP) is 2.65. The minimum atomic E-state index is 0.000411. The molecule has 0 N–H and O–H groups in total. The second kappa shape index (κ2) is 6.93. The Balaban J connectivity index is 1.61. The molecular formula is C18H23N3O. The first kappa shape index (κ1) is 15.1. The highest BCUT2D eigenvalue weighted by atomic mass is 16.2. The number of hydrogen-bond acceptors (Lipinski definition) is 3. The number of hydrogen-bond donors (Lipinski definition) is 0. The molecule has 4 nitrogen and oxygen atoms in total. The van der Waals surface area contributed by atoms with Gasteiger partial charge >= 0.3 is 0 Å². The van der Waals surface area contributed by atoms with Gasteiger partial charge < -0.3 is 4.90 Å². The molecule has 3 rings (SSSR count). The number of amides is 1. The molecule has 1 saturated carbocycles. The highest BCUT2D eigenvalue weighted by Crippen LogP contribution is 2.24. The first-order valence-corrected chi connectivity index (χ1v) is 8.32. The number of carbonyl (C=O) groups is 1. The molecule has 4 heteroatoms. The Kier molecular flexibility index (Phi) is 4.74. The van der Waals surface area contributed by atoms with Gasteiger partial charge in [0.15, 0.2) is 0 Å². The second-order valence-corrected chi connectivity index (χ2v) is 6.28. The lowest BCUT2D eigenvalue weighted by Crippen LogP contribution is -2.52. The van der Waals surface area contributed by atoms with Gasteiger partial charge in [0, 0.05) is 32.2 Å². The van der Waals surface area contributed by atoms with Gasteiger partial charge in [-0.25, -0.2) is 0 Å². The fourth-order valence-corrected chi connectivity index (χ4v) is 3.67. The Morgan fingerprint density at radius 3 is 2.41 bits per heavy atom. The van der Waals surface area contributed by atoms with Gasteiger partial charge in [-0.1, -0.05) is 31.4 Å². The third-order valence-corrected chi connectivity index (χ3v) is 4.97. The van der Waals surface area contributed by atoms with Crippen LogP contribution in [0.2, 0.25) is 0 Å². The maximum absolute atomic E-state index is 12.6. The van der Waals surface area contributed by atoms with Gasteiger partial charge in [-0.15, -0.1) is 0 Å². The molecule has 0 atom stereocenters. The van der Waals surface area contributed by atoms with Crippen molar-refractivity contribution in [2.24, 2.45) is 0 Å². The van der Waals surface area contributed by atoms with Gasteiger partial charge in [0.05, 0.1) is 17.2 Å². The van der Waals surface area contributed by atoms with E-state index in [-0.39, 0.29) is 5.91 Å². The molecule has 1 aliphatic carbocycles. The number of nitriles is 1. The summed E-state index contributed by atoms with van der Waals surface area (Å²) in [6.07, 6.45) is 6.69. The minimum Gasteiger partial charge on any atom is -0.336 e. The summed E-state index contributed by atoms with van der Waals surface area (Å²) in [5.41, 5.74) is 1.01. The highest BCUT2D eigenvalue weighted by molar-refractivity contribution is 5.96. The zero-order chi connectivity index (χ0) is 15.4. The smallest absolute Gasteiger partial charge is 0.255 e. The average Bonchev–Trinajstić information content (AvgIpc) is 2.62. The lowest BCUT2D eigenvalue weighted by Gasteiger charge is -2.40. The van der Waals surface area contributed by atoms with E-state index in [1.165, 1.54) is 32.1 Å². The van der Waals surface area contributed by atoms with Gasteiger partial charge in [-0.2, -0.15) is 5.26 Å². The largest absolute Gasteiger partial charge is 0.336 e. The van der Waals surface area contributed by atoms with Gasteiger partial charge in [-0.05, 0) is 25.0 Å². The molecule has 1 heterocycles. The first-order valence-electron chi connectivity index (χ1n) is 8.32. The molecule has 0 aromatic heterocycles. The number of benzene rings is 1. The molecule has 0 spiro atoms. The van der Waals surface area contributed by atoms with E-state index in [4.69, 9.17) is 5.26 Å². The third kappa shape index (κ3) is 3.15. The molecule has 1 aromatic rings. The Morgan fingerprint density at radius 2 is 1.73 bits per heavy atom. The van der Waals surface area contributed by atoms with Crippen molar-refractivity contribution < 1.29 is 4.79 Å². The Bertz CT molecular complexity index is 564. The van der Waals surface area contributed by atoms with Crippen molar-refractivity contribution in [3.8, 4) is 6.07 Å². The van der Waals surface area contributed by atoms with E-state index in [2.05, 4.69) is 11.0 Å². The average molecular weight is 297 g/mol. The molecule has 2 aliphatic rings. The van der Waals surface area contributed by atoms with E-state index in [1.807, 2.05) is 11.0 Å². The monoisotopic (exact) mass is 297 g/mol. The molecule has 1 amide bonds. The van der Waals surface area contributed by atoms with Crippen molar-refractivity contribution in [1.82, 2.24) is 9.80 Å². The number of nitrogens with zero attached hydrogens (tertiary/aromatic N) is 3. The summed E-state index contributed by atoms with van der Waals surface area (Å²) in [5, 5.41) is 9.15. The molecule has 1 aromatic carbocycles. The number of piperazine rings is 1. The van der Waals surface area contributed by atoms with Crippen molar-refractivity contribution in [2.75, 3.05) is 26.2 Å². The van der Waals surface area contributed by atoms with Gasteiger partial charge in [0.1, 0.15) is 0 Å². The van der Waals surface area contributed by atoms with Crippen LogP contribution in [0.4, 0.5) is 0 Å². The third-order valence-electron chi connectivity index (χ3n) is 4.97. The Morgan fingerprint density at radius 1 is 1.05 bits per heavy atom. The van der Waals surface area contributed by atoms with E-state index in [9.17, 15) is 4.79 Å². The van der Waals surface area contributed by atoms with Gasteiger partial charge in [-0.3, -0.25) is 9.69 Å². The molecule has 0 radical (unpaired) electrons. The van der Waals surface area contributed by atoms with Crippen molar-refractivity contribution in [3.05, 3.63) is 35.4 Å². The van der Waals surface area contributed by atoms with Crippen LogP contribution in [0.3, 0.4) is 0 Å². The van der Waals surface area contributed by atoms with E-state index < -0.39 is 0 Å². The summed E-state index contributed by atoms with van der Waals surface area (Å²) in [6, 6.07) is 9.94. The van der Waals surface area contributed by atoms with Crippen LogP contribution in [-0.2, 0) is 0 Å². The van der Waals surface area contributed by atoms with Gasteiger partial charge in [0.2, 0.25) is 0 Å². The minimum absolute atomic E-state index is 0.000411. The summed E-state index contributed by atoms with van der Waals surface area (Å²) in [4.78, 5) is 17.1. The fourth-order valence-electron chi connectivity index (χ4n) is 3.67. The fraction of sp³-hybridized carbons (Fsp3) is 0.556. The van der Waals surface area contributed by atoms with Crippen LogP contribution in [-0.4, -0.2) is 47.9 Å². The summed E-state index contributed by atoms with van der Waals surface area (Å²) in [6.45, 7) is 3.47. The van der Waals surface area contributed by atoms with E-state index >= 15 is 0 Å². The van der Waals surface area contributed by atoms with Crippen LogP contribution >= 0.6 is 0 Å². The molecule has 1 aliphatic heterocycles. The summed E-state index contributed by atoms with van der Waals surface area (Å²) in [5.74, 6) is 0.000411. The SMILES string of the molecule is N#Cc1ccccc1C(=O)N1CCN(C2CCCCC2)CC1. The standard InChI is InChI=1S/C18H23N3O/c19-14-15-6-4-5-9-17(15)18(22)21-12-10-20(11-13-21)16-7-2-1-3-8-16/h4-6,9,16H,1-3,7-8,10-13H2. The molecule has 0 bridgehead atoms. The molecule has 1 saturated heterocycles. The van der Waals surface area contributed by atoms with Crippen molar-refractivity contribution in [1.29, 1.82) is 5.26 Å². The lowest BCUT2D eigenvalue weighted by molar-refractivity contribution is 0.0523. The van der Waals surface area contributed by atoms with Crippen LogP contribution in [0.25, 0.3) is 0 Å². The zero-order valence-electron chi connectivity index (χ0n) is 13.0. The van der Waals surface area contributed by atoms with Crippen LogP contribution < -0.4 is 0 Å². The normalized spacial score (nSPS) is 20.6. The van der Waals surface area contributed by atoms with Gasteiger partial charge in [0.25, 0.3) is 5.91 Å². The number of carbonyl (C=O) groups excluding carboxylic acids is 1. The van der Waals surface area contributed by atoms with Crippen LogP contribution in [0.1, 0.15) is 48.0 Å². The van der Waals surface area contributed by atoms with E-state index in [0.29, 0.717) is 11.1 Å². The predicted molar refractivity (Wildman–Crippen MR) is 85.5 cm³/mol. The lowest BCUT2D eigenvalue weighted by atomic mass is 9.94. The van der Waals surface area contributed by atoms with Crippen LogP contribution in [0, 0.1) is 11.3 Å². The zero-order valence-corrected chi connectivity index (χ0v) is 13.0. The molecule has 0 unspecified atom stereocenters. The topological polar surface area (TPSA) is 47.3 Å². The molecular weight excluding hydrogens is 274 g/mol. The number of rotatable bonds is 2. The first-order chi connectivity index (χ1) is 10.8. The quantitative estimate of drug-likeness (QED) is 0.843. The van der Waals surface area contributed by atoms with Crippen molar-refractivity contribution in [2.45, 2.75) is 38.1 Å². The van der Waals surface area contributed by atoms with Crippen LogP contribution in [0.5, 0.6) is 0 Å². The summed E-state index contributed by atoms with van der Waals surface area (Å²) < 4.78 is 0. The summed E-state index contributed by atoms with van der Waals surface area (Å²) >= 11 is 0. The van der Waals surface area contributed by atoms with E-state index in [1.54, 1.807) is 18.2 Å². The maximum Gasteiger partial charge on any atom is 0.255 e. The highest BCUT2D eigenvalue weighted by Gasteiger charge is 2.28. The maximum atomic E-state index is 12.6. The van der Waals surface area contributed by atoms with Crippen LogP contribution in [0.15, 0.2) is 24.3 Å². The summed E-state index contributed by atoms with van der Waals surface area (Å²) in [7, 11) is 0. The molecule has 2 fully saturated rings. The molecule has 116 valence electrons. The van der Waals surface area contributed by atoms with Crippen molar-refractivity contribution >= 4 is 5.91 Å². The molecule has 22 heavy (non-hydrogen) atoms. The second-order valence-electron chi connectivity index (χ2n) is 6.28. The van der Waals surface area contributed by atoms with Crippen molar-refractivity contribution in [3.63, 3.8) is 0 Å². The Labute approximate surface area is 132 Å². The Hall–Kier alpha value is -1.86.